The van der Waals surface area contributed by atoms with Gasteiger partial charge >= 0.3 is 6.18 Å². The Hall–Kier alpha value is -2.14. The van der Waals surface area contributed by atoms with Gasteiger partial charge in [-0.1, -0.05) is 0 Å². The van der Waals surface area contributed by atoms with Gasteiger partial charge in [0.25, 0.3) is 0 Å². The molecule has 0 bridgehead atoms. The van der Waals surface area contributed by atoms with Crippen LogP contribution in [0.3, 0.4) is 0 Å². The molecule has 3 rings (SSSR count). The smallest absolute Gasteiger partial charge is 0.374 e. The number of alkyl halides is 4. The number of aliphatic imine (C=N–C) groups is 1. The lowest BCUT2D eigenvalue weighted by Gasteiger charge is -2.33. The van der Waals surface area contributed by atoms with Crippen LogP contribution in [0.2, 0.25) is 0 Å². The van der Waals surface area contributed by atoms with Crippen molar-refractivity contribution in [2.24, 2.45) is 10.7 Å². The van der Waals surface area contributed by atoms with Gasteiger partial charge in [0.1, 0.15) is 17.6 Å². The van der Waals surface area contributed by atoms with E-state index in [4.69, 9.17) is 5.73 Å². The van der Waals surface area contributed by atoms with Gasteiger partial charge in [-0.05, 0) is 13.5 Å². The molecule has 1 saturated heterocycles. The molecule has 1 aromatic rings. The molecule has 26 heavy (non-hydrogen) atoms. The van der Waals surface area contributed by atoms with Crippen LogP contribution in [-0.2, 0) is 5.79 Å². The van der Waals surface area contributed by atoms with Crippen LogP contribution in [0.25, 0.3) is 0 Å². The van der Waals surface area contributed by atoms with Crippen molar-refractivity contribution in [1.82, 2.24) is 25.3 Å². The molecule has 0 spiro atoms. The van der Waals surface area contributed by atoms with Crippen molar-refractivity contribution in [2.45, 2.75) is 30.6 Å². The fraction of sp³-hybridized carbons (Fsp3) is 0.600. The Morgan fingerprint density at radius 2 is 2.15 bits per heavy atom. The first-order chi connectivity index (χ1) is 12.1. The fourth-order valence-electron chi connectivity index (χ4n) is 3.14. The zero-order chi connectivity index (χ0) is 19.1. The average Bonchev–Trinajstić information content (AvgIpc) is 3.04. The van der Waals surface area contributed by atoms with Gasteiger partial charge < -0.3 is 15.5 Å². The summed E-state index contributed by atoms with van der Waals surface area (Å²) in [5.74, 6) is -1.91. The van der Waals surface area contributed by atoms with E-state index in [1.807, 2.05) is 11.9 Å². The summed E-state index contributed by atoms with van der Waals surface area (Å²) in [5, 5.41) is 9.17. The third-order valence-corrected chi connectivity index (χ3v) is 4.63. The number of aromatic nitrogens is 2. The summed E-state index contributed by atoms with van der Waals surface area (Å²) >= 11 is 0. The topological polar surface area (TPSA) is 83.5 Å². The number of hydrogen-bond acceptors (Lipinski definition) is 6. The van der Waals surface area contributed by atoms with E-state index in [2.05, 4.69) is 20.7 Å². The first-order valence-electron chi connectivity index (χ1n) is 8.13. The molecule has 0 saturated carbocycles. The number of hydrogen-bond donors (Lipinski definition) is 3. The van der Waals surface area contributed by atoms with Crippen molar-refractivity contribution in [1.29, 1.82) is 0 Å². The van der Waals surface area contributed by atoms with Crippen molar-refractivity contribution in [2.75, 3.05) is 27.2 Å². The average molecular weight is 375 g/mol. The van der Waals surface area contributed by atoms with Crippen molar-refractivity contribution < 1.29 is 17.6 Å². The van der Waals surface area contributed by atoms with Gasteiger partial charge in [0.05, 0.1) is 17.8 Å². The van der Waals surface area contributed by atoms with Crippen molar-refractivity contribution in [3.63, 3.8) is 0 Å². The Morgan fingerprint density at radius 1 is 1.42 bits per heavy atom. The predicted octanol–water partition coefficient (Wildman–Crippen LogP) is 0.834. The van der Waals surface area contributed by atoms with E-state index in [0.29, 0.717) is 24.7 Å². The lowest BCUT2D eigenvalue weighted by Crippen LogP contribution is -2.53. The first kappa shape index (κ1) is 18.6. The van der Waals surface area contributed by atoms with Crippen LogP contribution in [-0.4, -0.2) is 60.4 Å². The van der Waals surface area contributed by atoms with E-state index < -0.39 is 29.7 Å². The Labute approximate surface area is 147 Å². The maximum absolute atomic E-state index is 14.3. The van der Waals surface area contributed by atoms with Gasteiger partial charge in [-0.3, -0.25) is 10.4 Å². The molecule has 3 heterocycles. The number of halogens is 4. The summed E-state index contributed by atoms with van der Waals surface area (Å²) in [6.07, 6.45) is -1.49. The molecule has 11 heteroatoms. The number of piperidine rings is 1. The summed E-state index contributed by atoms with van der Waals surface area (Å²) in [6.45, 7) is 1.03. The molecule has 1 unspecified atom stereocenters. The fourth-order valence-corrected chi connectivity index (χ4v) is 3.14. The normalized spacial score (nSPS) is 30.4. The number of nitrogens with zero attached hydrogens (tertiary/aromatic N) is 4. The number of nitrogens with one attached hydrogen (secondary N) is 2. The second kappa shape index (κ2) is 6.54. The van der Waals surface area contributed by atoms with Gasteiger partial charge in [-0.2, -0.15) is 18.3 Å². The minimum atomic E-state index is -4.57. The molecule has 1 aromatic heterocycles. The van der Waals surface area contributed by atoms with Gasteiger partial charge in [-0.15, -0.1) is 0 Å². The molecule has 2 aliphatic rings. The van der Waals surface area contributed by atoms with Crippen molar-refractivity contribution in [3.05, 3.63) is 29.4 Å². The minimum absolute atomic E-state index is 0.287. The summed E-state index contributed by atoms with van der Waals surface area (Å²) in [7, 11) is 3.19. The largest absolute Gasteiger partial charge is 0.421 e. The third-order valence-electron chi connectivity index (χ3n) is 4.63. The molecule has 3 atom stereocenters. The Bertz CT molecular complexity index is 726. The number of allylic oxidation sites excluding steroid dienone is 1. The van der Waals surface area contributed by atoms with E-state index in [9.17, 15) is 17.6 Å². The molecule has 0 radical (unpaired) electrons. The van der Waals surface area contributed by atoms with Crippen LogP contribution in [0.4, 0.5) is 17.6 Å². The highest BCUT2D eigenvalue weighted by Crippen LogP contribution is 2.31. The second-order valence-corrected chi connectivity index (χ2v) is 6.53. The molecular formula is C15H21F4N7. The lowest BCUT2D eigenvalue weighted by atomic mass is 10.0. The maximum Gasteiger partial charge on any atom is 0.421 e. The van der Waals surface area contributed by atoms with Crippen LogP contribution in [0.15, 0.2) is 28.8 Å². The number of rotatable bonds is 3. The Balaban J connectivity index is 1.84. The van der Waals surface area contributed by atoms with E-state index in [0.717, 1.165) is 6.54 Å². The molecule has 0 aliphatic carbocycles. The summed E-state index contributed by atoms with van der Waals surface area (Å²) in [6, 6.07) is -0.443. The lowest BCUT2D eigenvalue weighted by molar-refractivity contribution is -0.0875. The minimum Gasteiger partial charge on any atom is -0.374 e. The van der Waals surface area contributed by atoms with Gasteiger partial charge in [0.2, 0.25) is 5.79 Å². The van der Waals surface area contributed by atoms with Gasteiger partial charge in [0.15, 0.2) is 0 Å². The Kier molecular flexibility index (Phi) is 4.69. The highest BCUT2D eigenvalue weighted by atomic mass is 19.4. The van der Waals surface area contributed by atoms with E-state index in [1.54, 1.807) is 0 Å². The molecule has 0 aromatic carbocycles. The second-order valence-electron chi connectivity index (χ2n) is 6.53. The third kappa shape index (κ3) is 3.40. The van der Waals surface area contributed by atoms with Crippen LogP contribution in [0.5, 0.6) is 0 Å². The quantitative estimate of drug-likeness (QED) is 0.682. The van der Waals surface area contributed by atoms with E-state index in [1.165, 1.54) is 24.1 Å². The zero-order valence-electron chi connectivity index (χ0n) is 14.4. The molecule has 0 amide bonds. The molecule has 7 nitrogen and oxygen atoms in total. The SMILES string of the molecule is CNC1=C(C(F)(F)F)C=NC(N)(c2cnn([C@@H]3CCN(C)C[C@H]3F)c2)N1. The monoisotopic (exact) mass is 375 g/mol. The number of likely N-dealkylation sites (tertiary alicyclic amines) is 1. The molecule has 4 N–H and O–H groups in total. The molecule has 144 valence electrons. The highest BCUT2D eigenvalue weighted by molar-refractivity contribution is 5.82. The van der Waals surface area contributed by atoms with Crippen LogP contribution in [0, 0.1) is 0 Å². The van der Waals surface area contributed by atoms with E-state index >= 15 is 0 Å². The molecule has 1 fully saturated rings. The number of nitrogens with two attached hydrogens (primary N) is 1. The van der Waals surface area contributed by atoms with Gasteiger partial charge in [0, 0.05) is 32.5 Å². The van der Waals surface area contributed by atoms with Gasteiger partial charge in [-0.25, -0.2) is 9.38 Å². The van der Waals surface area contributed by atoms with Crippen LogP contribution in [0.1, 0.15) is 18.0 Å². The zero-order valence-corrected chi connectivity index (χ0v) is 14.4. The van der Waals surface area contributed by atoms with Crippen LogP contribution < -0.4 is 16.4 Å². The standard InChI is InChI=1S/C15H21F4N7/c1-21-13-10(14(17,18)19)6-22-15(20,24-13)9-5-23-26(7-9)12-3-4-25(2)8-11(12)16/h5-7,11-12,21,24H,3-4,8,20H2,1-2H3/t11-,12-,15?/m1/s1. The maximum atomic E-state index is 14.3. The Morgan fingerprint density at radius 3 is 2.77 bits per heavy atom. The molecule has 2 aliphatic heterocycles. The summed E-state index contributed by atoms with van der Waals surface area (Å²) in [4.78, 5) is 5.73. The predicted molar refractivity (Wildman–Crippen MR) is 87.9 cm³/mol. The van der Waals surface area contributed by atoms with Crippen molar-refractivity contribution >= 4 is 6.21 Å². The van der Waals surface area contributed by atoms with Crippen LogP contribution >= 0.6 is 0 Å². The first-order valence-corrected chi connectivity index (χ1v) is 8.13. The van der Waals surface area contributed by atoms with E-state index in [-0.39, 0.29) is 5.82 Å². The summed E-state index contributed by atoms with van der Waals surface area (Å²) < 4.78 is 54.8. The molecular weight excluding hydrogens is 354 g/mol. The summed E-state index contributed by atoms with van der Waals surface area (Å²) in [5.41, 5.74) is 5.54. The van der Waals surface area contributed by atoms with Crippen molar-refractivity contribution in [3.8, 4) is 0 Å². The highest BCUT2D eigenvalue weighted by Gasteiger charge is 2.42.